The molecule has 2 atom stereocenters. The van der Waals surface area contributed by atoms with Gasteiger partial charge in [-0.2, -0.15) is 0 Å². The van der Waals surface area contributed by atoms with Gasteiger partial charge in [-0.1, -0.05) is 85.6 Å². The molecular formula is C26H27NO2. The number of nitrogens with one attached hydrogen (secondary N) is 1. The van der Waals surface area contributed by atoms with Crippen LogP contribution in [-0.4, -0.2) is 17.1 Å². The third kappa shape index (κ3) is 4.51. The van der Waals surface area contributed by atoms with Crippen molar-refractivity contribution in [3.8, 4) is 5.75 Å². The van der Waals surface area contributed by atoms with Crippen LogP contribution in [0.1, 0.15) is 54.2 Å². The van der Waals surface area contributed by atoms with Crippen LogP contribution in [0.2, 0.25) is 0 Å². The Hall–Kier alpha value is -3.07. The fraction of sp³-hybridized carbons (Fsp3) is 0.269. The van der Waals surface area contributed by atoms with Crippen LogP contribution >= 0.6 is 0 Å². The van der Waals surface area contributed by atoms with Crippen molar-refractivity contribution in [2.45, 2.75) is 43.6 Å². The molecule has 1 aliphatic carbocycles. The van der Waals surface area contributed by atoms with Crippen LogP contribution < -0.4 is 5.32 Å². The summed E-state index contributed by atoms with van der Waals surface area (Å²) in [5.41, 5.74) is 3.20. The van der Waals surface area contributed by atoms with Gasteiger partial charge >= 0.3 is 0 Å². The van der Waals surface area contributed by atoms with Gasteiger partial charge in [0.15, 0.2) is 0 Å². The van der Waals surface area contributed by atoms with Crippen LogP contribution in [0.25, 0.3) is 0 Å². The summed E-state index contributed by atoms with van der Waals surface area (Å²) >= 11 is 0. The van der Waals surface area contributed by atoms with E-state index in [-0.39, 0.29) is 29.5 Å². The highest BCUT2D eigenvalue weighted by Gasteiger charge is 2.31. The van der Waals surface area contributed by atoms with Crippen molar-refractivity contribution in [1.29, 1.82) is 0 Å². The van der Waals surface area contributed by atoms with E-state index in [9.17, 15) is 9.90 Å². The molecule has 1 amide bonds. The van der Waals surface area contributed by atoms with E-state index >= 15 is 0 Å². The molecule has 0 aliphatic heterocycles. The summed E-state index contributed by atoms with van der Waals surface area (Å²) in [6, 6.07) is 27.5. The second kappa shape index (κ2) is 8.95. The highest BCUT2D eigenvalue weighted by atomic mass is 16.3. The maximum absolute atomic E-state index is 13.5. The van der Waals surface area contributed by atoms with Crippen LogP contribution in [0, 0.1) is 0 Å². The van der Waals surface area contributed by atoms with E-state index in [1.165, 1.54) is 12.0 Å². The Morgan fingerprint density at radius 2 is 1.34 bits per heavy atom. The number of phenols is 1. The number of aromatic hydroxyl groups is 1. The Labute approximate surface area is 172 Å². The summed E-state index contributed by atoms with van der Waals surface area (Å²) in [6.07, 6.45) is 4.32. The predicted octanol–water partition coefficient (Wildman–Crippen LogP) is 5.37. The lowest BCUT2D eigenvalue weighted by atomic mass is 9.79. The van der Waals surface area contributed by atoms with E-state index in [4.69, 9.17) is 0 Å². The number of phenolic OH excluding ortho intramolecular Hbond substituents is 1. The summed E-state index contributed by atoms with van der Waals surface area (Å²) in [5.74, 6) is 0.289. The topological polar surface area (TPSA) is 49.3 Å². The van der Waals surface area contributed by atoms with Crippen molar-refractivity contribution < 1.29 is 9.90 Å². The van der Waals surface area contributed by atoms with Gasteiger partial charge in [-0.15, -0.1) is 0 Å². The smallest absolute Gasteiger partial charge is 0.232 e. The maximum Gasteiger partial charge on any atom is 0.232 e. The minimum absolute atomic E-state index is 0.0538. The van der Waals surface area contributed by atoms with E-state index in [1.54, 1.807) is 12.1 Å². The minimum atomic E-state index is -0.320. The van der Waals surface area contributed by atoms with Crippen molar-refractivity contribution in [1.82, 2.24) is 5.32 Å². The van der Waals surface area contributed by atoms with Gasteiger partial charge in [0.2, 0.25) is 5.91 Å². The molecule has 1 saturated carbocycles. The van der Waals surface area contributed by atoms with E-state index < -0.39 is 0 Å². The Balaban J connectivity index is 1.60. The highest BCUT2D eigenvalue weighted by Crippen LogP contribution is 2.35. The summed E-state index contributed by atoms with van der Waals surface area (Å²) < 4.78 is 0. The number of hydrogen-bond acceptors (Lipinski definition) is 2. The fourth-order valence-electron chi connectivity index (χ4n) is 4.48. The van der Waals surface area contributed by atoms with Gasteiger partial charge < -0.3 is 10.4 Å². The van der Waals surface area contributed by atoms with Gasteiger partial charge in [0.25, 0.3) is 0 Å². The number of benzene rings is 3. The fourth-order valence-corrected chi connectivity index (χ4v) is 4.48. The molecule has 0 spiro atoms. The molecule has 0 heterocycles. The Morgan fingerprint density at radius 3 is 1.93 bits per heavy atom. The summed E-state index contributed by atoms with van der Waals surface area (Å²) in [7, 11) is 0. The Bertz CT molecular complexity index is 882. The summed E-state index contributed by atoms with van der Waals surface area (Å²) in [4.78, 5) is 13.5. The number of rotatable bonds is 5. The molecule has 1 fully saturated rings. The summed E-state index contributed by atoms with van der Waals surface area (Å²) in [6.45, 7) is 0. The second-order valence-corrected chi connectivity index (χ2v) is 7.85. The third-order valence-corrected chi connectivity index (χ3v) is 5.94. The minimum Gasteiger partial charge on any atom is -0.508 e. The normalized spacial score (nSPS) is 19.1. The predicted molar refractivity (Wildman–Crippen MR) is 116 cm³/mol. The quantitative estimate of drug-likeness (QED) is 0.621. The molecule has 2 N–H and O–H groups in total. The second-order valence-electron chi connectivity index (χ2n) is 7.85. The highest BCUT2D eigenvalue weighted by molar-refractivity contribution is 5.87. The molecule has 3 aromatic rings. The van der Waals surface area contributed by atoms with Crippen LogP contribution in [-0.2, 0) is 4.79 Å². The molecule has 29 heavy (non-hydrogen) atoms. The van der Waals surface area contributed by atoms with E-state index in [1.807, 2.05) is 72.8 Å². The lowest BCUT2D eigenvalue weighted by Gasteiger charge is -2.34. The molecule has 3 heteroatoms. The maximum atomic E-state index is 13.5. The van der Waals surface area contributed by atoms with Gasteiger partial charge in [0.1, 0.15) is 5.75 Å². The lowest BCUT2D eigenvalue weighted by Crippen LogP contribution is -2.43. The molecule has 3 nitrogen and oxygen atoms in total. The Kier molecular flexibility index (Phi) is 5.95. The van der Waals surface area contributed by atoms with Gasteiger partial charge in [0, 0.05) is 12.0 Å². The van der Waals surface area contributed by atoms with Crippen molar-refractivity contribution in [3.05, 3.63) is 102 Å². The molecule has 0 bridgehead atoms. The first kappa shape index (κ1) is 19.3. The van der Waals surface area contributed by atoms with Crippen LogP contribution in [0.4, 0.5) is 0 Å². The van der Waals surface area contributed by atoms with E-state index in [2.05, 4.69) is 5.32 Å². The lowest BCUT2D eigenvalue weighted by molar-refractivity contribution is -0.122. The van der Waals surface area contributed by atoms with Crippen LogP contribution in [0.15, 0.2) is 84.9 Å². The average molecular weight is 386 g/mol. The van der Waals surface area contributed by atoms with E-state index in [0.29, 0.717) is 0 Å². The average Bonchev–Trinajstić information content (AvgIpc) is 2.76. The van der Waals surface area contributed by atoms with Gasteiger partial charge in [-0.05, 0) is 41.7 Å². The van der Waals surface area contributed by atoms with Crippen molar-refractivity contribution >= 4 is 5.91 Å². The molecular weight excluding hydrogens is 358 g/mol. The molecule has 0 radical (unpaired) electrons. The van der Waals surface area contributed by atoms with Gasteiger partial charge in [-0.3, -0.25) is 4.79 Å². The zero-order valence-corrected chi connectivity index (χ0v) is 16.5. The van der Waals surface area contributed by atoms with E-state index in [0.717, 1.165) is 30.4 Å². The van der Waals surface area contributed by atoms with Crippen molar-refractivity contribution in [3.63, 3.8) is 0 Å². The number of hydrogen-bond donors (Lipinski definition) is 2. The first-order chi connectivity index (χ1) is 14.2. The number of carbonyl (C=O) groups is 1. The Morgan fingerprint density at radius 1 is 0.793 bits per heavy atom. The largest absolute Gasteiger partial charge is 0.508 e. The molecule has 0 aromatic heterocycles. The summed E-state index contributed by atoms with van der Waals surface area (Å²) in [5, 5.41) is 13.0. The monoisotopic (exact) mass is 385 g/mol. The molecule has 1 aliphatic rings. The van der Waals surface area contributed by atoms with Crippen molar-refractivity contribution in [2.75, 3.05) is 0 Å². The standard InChI is InChI=1S/C26H27NO2/c28-22-17-15-19(16-18-22)23-13-7-8-14-24(23)27-26(29)25(20-9-3-1-4-10-20)21-11-5-2-6-12-21/h1-6,9-12,15-18,23-25,28H,7-8,13-14H2,(H,27,29)/t23-,24-/m1/s1. The first-order valence-corrected chi connectivity index (χ1v) is 10.4. The molecule has 0 unspecified atom stereocenters. The van der Waals surface area contributed by atoms with Crippen LogP contribution in [0.3, 0.4) is 0 Å². The molecule has 3 aromatic carbocycles. The van der Waals surface area contributed by atoms with Crippen molar-refractivity contribution in [2.24, 2.45) is 0 Å². The van der Waals surface area contributed by atoms with Crippen LogP contribution in [0.5, 0.6) is 5.75 Å². The molecule has 0 saturated heterocycles. The third-order valence-electron chi connectivity index (χ3n) is 5.94. The number of carbonyl (C=O) groups excluding carboxylic acids is 1. The zero-order chi connectivity index (χ0) is 20.1. The first-order valence-electron chi connectivity index (χ1n) is 10.4. The van der Waals surface area contributed by atoms with Gasteiger partial charge in [-0.25, -0.2) is 0 Å². The van der Waals surface area contributed by atoms with Gasteiger partial charge in [0.05, 0.1) is 5.92 Å². The number of amides is 1. The SMILES string of the molecule is O=C(N[C@@H]1CCCC[C@@H]1c1ccc(O)cc1)C(c1ccccc1)c1ccccc1. The molecule has 148 valence electrons. The molecule has 4 rings (SSSR count). The zero-order valence-electron chi connectivity index (χ0n) is 16.5.